The molecule has 0 saturated carbocycles. The quantitative estimate of drug-likeness (QED) is 0.573. The first-order chi connectivity index (χ1) is 10.7. The number of rotatable bonds is 5. The second kappa shape index (κ2) is 6.18. The molecule has 114 valence electrons. The maximum absolute atomic E-state index is 11.7. The molecular formula is C14H15N5O2S. The van der Waals surface area contributed by atoms with Gasteiger partial charge in [0.25, 0.3) is 0 Å². The molecule has 0 aliphatic rings. The number of hydrogen-bond donors (Lipinski definition) is 1. The molecule has 0 aliphatic heterocycles. The molecule has 8 heteroatoms. The summed E-state index contributed by atoms with van der Waals surface area (Å²) in [6, 6.07) is 3.49. The van der Waals surface area contributed by atoms with Crippen LogP contribution in [0.4, 0.5) is 0 Å². The standard InChI is InChI=1S/C14H15N5O2S/c1-3-11-16-14(18-17-11)22-8-9-7-19-6-4-5-10(12(19)15-9)13(20)21-2/h4-7H,3,8H2,1-2H3,(H,16,17,18). The maximum atomic E-state index is 11.7. The number of nitrogens with zero attached hydrogens (tertiary/aromatic N) is 4. The van der Waals surface area contributed by atoms with Crippen molar-refractivity contribution < 1.29 is 9.53 Å². The van der Waals surface area contributed by atoms with Crippen molar-refractivity contribution in [3.63, 3.8) is 0 Å². The number of thioether (sulfide) groups is 1. The molecule has 1 N–H and O–H groups in total. The Kier molecular flexibility index (Phi) is 4.10. The number of hydrogen-bond acceptors (Lipinski definition) is 6. The lowest BCUT2D eigenvalue weighted by atomic mass is 10.3. The third kappa shape index (κ3) is 2.82. The molecular weight excluding hydrogens is 302 g/mol. The van der Waals surface area contributed by atoms with Gasteiger partial charge in [-0.1, -0.05) is 18.7 Å². The monoisotopic (exact) mass is 317 g/mol. The number of aryl methyl sites for hydroxylation is 1. The summed E-state index contributed by atoms with van der Waals surface area (Å²) in [5, 5.41) is 7.71. The summed E-state index contributed by atoms with van der Waals surface area (Å²) in [5.74, 6) is 1.10. The minimum atomic E-state index is -0.392. The third-order valence-electron chi connectivity index (χ3n) is 3.13. The number of aromatic nitrogens is 5. The van der Waals surface area contributed by atoms with Gasteiger partial charge in [0.1, 0.15) is 11.4 Å². The maximum Gasteiger partial charge on any atom is 0.341 e. The molecule has 0 saturated heterocycles. The predicted molar refractivity (Wildman–Crippen MR) is 81.9 cm³/mol. The highest BCUT2D eigenvalue weighted by atomic mass is 32.2. The Hall–Kier alpha value is -2.35. The highest BCUT2D eigenvalue weighted by molar-refractivity contribution is 7.98. The van der Waals surface area contributed by atoms with Crippen molar-refractivity contribution in [1.29, 1.82) is 0 Å². The molecule has 0 fully saturated rings. The summed E-state index contributed by atoms with van der Waals surface area (Å²) in [6.45, 7) is 2.02. The van der Waals surface area contributed by atoms with E-state index in [-0.39, 0.29) is 0 Å². The van der Waals surface area contributed by atoms with Crippen LogP contribution >= 0.6 is 11.8 Å². The zero-order chi connectivity index (χ0) is 15.5. The molecule has 0 bridgehead atoms. The first-order valence-electron chi connectivity index (χ1n) is 6.80. The number of methoxy groups -OCH3 is 1. The van der Waals surface area contributed by atoms with Crippen LogP contribution < -0.4 is 0 Å². The van der Waals surface area contributed by atoms with Crippen LogP contribution in [0.15, 0.2) is 29.7 Å². The molecule has 3 aromatic heterocycles. The van der Waals surface area contributed by atoms with Crippen LogP contribution in [0.2, 0.25) is 0 Å². The first kappa shape index (κ1) is 14.6. The smallest absolute Gasteiger partial charge is 0.341 e. The zero-order valence-electron chi connectivity index (χ0n) is 12.2. The highest BCUT2D eigenvalue weighted by Gasteiger charge is 2.13. The van der Waals surface area contributed by atoms with Crippen molar-refractivity contribution >= 4 is 23.4 Å². The predicted octanol–water partition coefficient (Wildman–Crippen LogP) is 2.09. The number of pyridine rings is 1. The highest BCUT2D eigenvalue weighted by Crippen LogP contribution is 2.20. The second-order valence-electron chi connectivity index (χ2n) is 4.58. The van der Waals surface area contributed by atoms with Crippen LogP contribution in [0, 0.1) is 0 Å². The van der Waals surface area contributed by atoms with Gasteiger partial charge in [-0.25, -0.2) is 14.8 Å². The van der Waals surface area contributed by atoms with Gasteiger partial charge in [0.15, 0.2) is 5.65 Å². The normalized spacial score (nSPS) is 11.0. The van der Waals surface area contributed by atoms with E-state index in [0.29, 0.717) is 22.1 Å². The number of nitrogens with one attached hydrogen (secondary N) is 1. The molecule has 7 nitrogen and oxygen atoms in total. The van der Waals surface area contributed by atoms with Gasteiger partial charge in [-0.2, -0.15) is 0 Å². The Morgan fingerprint density at radius 1 is 1.45 bits per heavy atom. The number of fused-ring (bicyclic) bond motifs is 1. The van der Waals surface area contributed by atoms with Gasteiger partial charge in [-0.05, 0) is 12.1 Å². The summed E-state index contributed by atoms with van der Waals surface area (Å²) in [5.41, 5.74) is 1.89. The number of esters is 1. The Bertz CT molecular complexity index is 811. The van der Waals surface area contributed by atoms with E-state index in [1.54, 1.807) is 12.1 Å². The largest absolute Gasteiger partial charge is 0.465 e. The number of ether oxygens (including phenoxy) is 1. The van der Waals surface area contributed by atoms with Crippen LogP contribution in [-0.4, -0.2) is 37.6 Å². The SMILES string of the molecule is CCc1nc(SCc2cn3cccc(C(=O)OC)c3n2)n[nH]1. The minimum Gasteiger partial charge on any atom is -0.465 e. The van der Waals surface area contributed by atoms with E-state index in [1.807, 2.05) is 23.7 Å². The van der Waals surface area contributed by atoms with E-state index < -0.39 is 5.97 Å². The van der Waals surface area contributed by atoms with Gasteiger partial charge in [0, 0.05) is 24.6 Å². The lowest BCUT2D eigenvalue weighted by molar-refractivity contribution is 0.0602. The van der Waals surface area contributed by atoms with E-state index >= 15 is 0 Å². The summed E-state index contributed by atoms with van der Waals surface area (Å²) in [7, 11) is 1.36. The van der Waals surface area contributed by atoms with Crippen LogP contribution in [0.3, 0.4) is 0 Å². The van der Waals surface area contributed by atoms with Crippen LogP contribution in [0.25, 0.3) is 5.65 Å². The number of carbonyl (C=O) groups is 1. The minimum absolute atomic E-state index is 0.392. The number of H-pyrrole nitrogens is 1. The van der Waals surface area contributed by atoms with E-state index in [4.69, 9.17) is 4.74 Å². The Morgan fingerprint density at radius 2 is 2.32 bits per heavy atom. The van der Waals surface area contributed by atoms with Crippen LogP contribution in [-0.2, 0) is 16.9 Å². The fourth-order valence-electron chi connectivity index (χ4n) is 2.04. The molecule has 0 aromatic carbocycles. The molecule has 0 aliphatic carbocycles. The molecule has 3 aromatic rings. The van der Waals surface area contributed by atoms with Crippen molar-refractivity contribution in [3.05, 3.63) is 41.6 Å². The van der Waals surface area contributed by atoms with Gasteiger partial charge < -0.3 is 9.14 Å². The molecule has 3 heterocycles. The molecule has 22 heavy (non-hydrogen) atoms. The van der Waals surface area contributed by atoms with Crippen LogP contribution in [0.5, 0.6) is 0 Å². The molecule has 0 spiro atoms. The van der Waals surface area contributed by atoms with Crippen molar-refractivity contribution in [1.82, 2.24) is 24.6 Å². The van der Waals surface area contributed by atoms with Crippen molar-refractivity contribution in [2.24, 2.45) is 0 Å². The average Bonchev–Trinajstić information content (AvgIpc) is 3.17. The van der Waals surface area contributed by atoms with Gasteiger partial charge >= 0.3 is 5.97 Å². The fraction of sp³-hybridized carbons (Fsp3) is 0.286. The lowest BCUT2D eigenvalue weighted by Gasteiger charge is -2.00. The number of aromatic amines is 1. The third-order valence-corrected chi connectivity index (χ3v) is 4.01. The van der Waals surface area contributed by atoms with Gasteiger partial charge in [0.05, 0.1) is 12.8 Å². The van der Waals surface area contributed by atoms with Gasteiger partial charge in [0.2, 0.25) is 5.16 Å². The van der Waals surface area contributed by atoms with E-state index in [0.717, 1.165) is 17.9 Å². The zero-order valence-corrected chi connectivity index (χ0v) is 13.1. The number of carbonyl (C=O) groups excluding carboxylic acids is 1. The fourth-order valence-corrected chi connectivity index (χ4v) is 2.74. The molecule has 0 radical (unpaired) electrons. The number of imidazole rings is 1. The lowest BCUT2D eigenvalue weighted by Crippen LogP contribution is -2.03. The summed E-state index contributed by atoms with van der Waals surface area (Å²) in [6.07, 6.45) is 4.57. The topological polar surface area (TPSA) is 85.2 Å². The summed E-state index contributed by atoms with van der Waals surface area (Å²) in [4.78, 5) is 20.6. The molecule has 0 unspecified atom stereocenters. The molecule has 3 rings (SSSR count). The molecule has 0 atom stereocenters. The van der Waals surface area contributed by atoms with Crippen molar-refractivity contribution in [2.75, 3.05) is 7.11 Å². The van der Waals surface area contributed by atoms with Crippen molar-refractivity contribution in [3.8, 4) is 0 Å². The van der Waals surface area contributed by atoms with Crippen molar-refractivity contribution in [2.45, 2.75) is 24.3 Å². The summed E-state index contributed by atoms with van der Waals surface area (Å²) >= 11 is 1.50. The van der Waals surface area contributed by atoms with Gasteiger partial charge in [-0.3, -0.25) is 5.10 Å². The van der Waals surface area contributed by atoms with E-state index in [1.165, 1.54) is 18.9 Å². The molecule has 0 amide bonds. The Labute approximate surface area is 131 Å². The second-order valence-corrected chi connectivity index (χ2v) is 5.53. The van der Waals surface area contributed by atoms with Crippen LogP contribution in [0.1, 0.15) is 28.8 Å². The Balaban J connectivity index is 1.81. The first-order valence-corrected chi connectivity index (χ1v) is 7.78. The summed E-state index contributed by atoms with van der Waals surface area (Å²) < 4.78 is 6.59. The Morgan fingerprint density at radius 3 is 3.05 bits per heavy atom. The van der Waals surface area contributed by atoms with Gasteiger partial charge in [-0.15, -0.1) is 5.10 Å². The van der Waals surface area contributed by atoms with E-state index in [2.05, 4.69) is 20.2 Å². The van der Waals surface area contributed by atoms with E-state index in [9.17, 15) is 4.79 Å². The average molecular weight is 317 g/mol.